The number of carbonyl (C=O) groups excluding carboxylic acids is 1. The molecule has 0 aliphatic heterocycles. The molecule has 0 aromatic rings. The number of halogens is 1. The summed E-state index contributed by atoms with van der Waals surface area (Å²) in [6.07, 6.45) is 3.96. The lowest BCUT2D eigenvalue weighted by molar-refractivity contribution is -0.145. The van der Waals surface area contributed by atoms with Gasteiger partial charge in [-0.25, -0.2) is 4.79 Å². The van der Waals surface area contributed by atoms with Gasteiger partial charge in [-0.15, -0.1) is 0 Å². The standard InChI is InChI=1S/C9H17ClO3/c1-3-4-5-6-7-12-8(2)9(11)13-10/h8H,3-7H2,1-2H3. The molecule has 0 heterocycles. The van der Waals surface area contributed by atoms with Crippen molar-refractivity contribution >= 4 is 17.8 Å². The van der Waals surface area contributed by atoms with Crippen LogP contribution in [0.2, 0.25) is 0 Å². The lowest BCUT2D eigenvalue weighted by Crippen LogP contribution is -2.21. The largest absolute Gasteiger partial charge is 0.367 e. The summed E-state index contributed by atoms with van der Waals surface area (Å²) in [7, 11) is 0. The minimum Gasteiger partial charge on any atom is -0.367 e. The number of rotatable bonds is 7. The number of hydrogen-bond donors (Lipinski definition) is 0. The van der Waals surface area contributed by atoms with E-state index < -0.39 is 12.1 Å². The Labute approximate surface area is 84.5 Å². The fourth-order valence-electron chi connectivity index (χ4n) is 0.920. The van der Waals surface area contributed by atoms with E-state index in [0.717, 1.165) is 12.8 Å². The summed E-state index contributed by atoms with van der Waals surface area (Å²) in [6, 6.07) is 0. The van der Waals surface area contributed by atoms with Crippen molar-refractivity contribution in [1.82, 2.24) is 0 Å². The van der Waals surface area contributed by atoms with Crippen LogP contribution < -0.4 is 0 Å². The lowest BCUT2D eigenvalue weighted by Gasteiger charge is -2.08. The summed E-state index contributed by atoms with van der Waals surface area (Å²) >= 11 is 4.88. The maximum atomic E-state index is 10.8. The molecule has 0 aromatic carbocycles. The fraction of sp³-hybridized carbons (Fsp3) is 0.889. The SMILES string of the molecule is CCCCCCOC(C)C(=O)OCl. The number of ether oxygens (including phenoxy) is 1. The van der Waals surface area contributed by atoms with E-state index in [2.05, 4.69) is 11.2 Å². The molecule has 0 bridgehead atoms. The van der Waals surface area contributed by atoms with Crippen molar-refractivity contribution < 1.29 is 13.8 Å². The molecule has 1 unspecified atom stereocenters. The Hall–Kier alpha value is -0.280. The van der Waals surface area contributed by atoms with E-state index in [9.17, 15) is 4.79 Å². The summed E-state index contributed by atoms with van der Waals surface area (Å²) in [5.74, 6) is -0.530. The van der Waals surface area contributed by atoms with Gasteiger partial charge in [0.15, 0.2) is 6.10 Å². The molecule has 0 saturated carbocycles. The minimum absolute atomic E-state index is 0.530. The highest BCUT2D eigenvalue weighted by molar-refractivity contribution is 6.13. The molecule has 0 amide bonds. The van der Waals surface area contributed by atoms with E-state index >= 15 is 0 Å². The fourth-order valence-corrected chi connectivity index (χ4v) is 1.05. The van der Waals surface area contributed by atoms with Crippen LogP contribution in [0, 0.1) is 0 Å². The lowest BCUT2D eigenvalue weighted by atomic mass is 10.2. The Kier molecular flexibility index (Phi) is 8.14. The van der Waals surface area contributed by atoms with Crippen molar-refractivity contribution in [3.63, 3.8) is 0 Å². The number of hydrogen-bond acceptors (Lipinski definition) is 3. The monoisotopic (exact) mass is 208 g/mol. The molecule has 0 saturated heterocycles. The Bertz CT molecular complexity index is 139. The molecule has 3 nitrogen and oxygen atoms in total. The van der Waals surface area contributed by atoms with Crippen LogP contribution in [0.5, 0.6) is 0 Å². The van der Waals surface area contributed by atoms with Crippen molar-refractivity contribution in [3.8, 4) is 0 Å². The van der Waals surface area contributed by atoms with Crippen molar-refractivity contribution in [3.05, 3.63) is 0 Å². The minimum atomic E-state index is -0.556. The smallest absolute Gasteiger partial charge is 0.353 e. The summed E-state index contributed by atoms with van der Waals surface area (Å²) in [5, 5.41) is 0. The number of carbonyl (C=O) groups is 1. The van der Waals surface area contributed by atoms with Gasteiger partial charge in [-0.2, -0.15) is 0 Å². The van der Waals surface area contributed by atoms with Gasteiger partial charge in [-0.05, 0) is 13.3 Å². The molecule has 13 heavy (non-hydrogen) atoms. The first kappa shape index (κ1) is 12.7. The van der Waals surface area contributed by atoms with Crippen molar-refractivity contribution in [2.75, 3.05) is 6.61 Å². The van der Waals surface area contributed by atoms with Crippen LogP contribution in [-0.2, 0) is 13.8 Å². The summed E-state index contributed by atoms with van der Waals surface area (Å²) in [6.45, 7) is 4.37. The molecule has 0 rings (SSSR count). The topological polar surface area (TPSA) is 35.5 Å². The maximum Gasteiger partial charge on any atom is 0.353 e. The molecule has 0 spiro atoms. The third-order valence-electron chi connectivity index (χ3n) is 1.77. The van der Waals surface area contributed by atoms with Crippen LogP contribution in [0.1, 0.15) is 39.5 Å². The van der Waals surface area contributed by atoms with Crippen LogP contribution in [-0.4, -0.2) is 18.7 Å². The summed E-state index contributed by atoms with van der Waals surface area (Å²) < 4.78 is 9.18. The average molecular weight is 209 g/mol. The Morgan fingerprint density at radius 3 is 2.62 bits per heavy atom. The van der Waals surface area contributed by atoms with Crippen molar-refractivity contribution in [1.29, 1.82) is 0 Å². The predicted molar refractivity (Wildman–Crippen MR) is 51.5 cm³/mol. The van der Waals surface area contributed by atoms with Gasteiger partial charge < -0.3 is 9.03 Å². The van der Waals surface area contributed by atoms with E-state index in [1.54, 1.807) is 6.92 Å². The second kappa shape index (κ2) is 8.32. The first-order chi connectivity index (χ1) is 6.22. The normalized spacial score (nSPS) is 12.5. The van der Waals surface area contributed by atoms with Crippen LogP contribution in [0.25, 0.3) is 0 Å². The second-order valence-corrected chi connectivity index (χ2v) is 3.12. The zero-order valence-electron chi connectivity index (χ0n) is 8.22. The average Bonchev–Trinajstić information content (AvgIpc) is 2.16. The first-order valence-corrected chi connectivity index (χ1v) is 4.97. The van der Waals surface area contributed by atoms with Gasteiger partial charge in [0.1, 0.15) is 11.9 Å². The molecule has 4 heteroatoms. The second-order valence-electron chi connectivity index (χ2n) is 2.97. The Morgan fingerprint density at radius 1 is 1.38 bits per heavy atom. The van der Waals surface area contributed by atoms with Gasteiger partial charge in [-0.1, -0.05) is 26.2 Å². The summed E-state index contributed by atoms with van der Waals surface area (Å²) in [5.41, 5.74) is 0. The van der Waals surface area contributed by atoms with E-state index in [1.807, 2.05) is 0 Å². The molecule has 0 aliphatic rings. The molecule has 0 aromatic heterocycles. The van der Waals surface area contributed by atoms with E-state index in [-0.39, 0.29) is 0 Å². The van der Waals surface area contributed by atoms with Gasteiger partial charge in [0.25, 0.3) is 0 Å². The molecule has 1 atom stereocenters. The highest BCUT2D eigenvalue weighted by Crippen LogP contribution is 2.02. The highest BCUT2D eigenvalue weighted by Gasteiger charge is 2.13. The van der Waals surface area contributed by atoms with Gasteiger partial charge in [0.05, 0.1) is 0 Å². The van der Waals surface area contributed by atoms with E-state index in [0.29, 0.717) is 6.61 Å². The zero-order chi connectivity index (χ0) is 10.1. The van der Waals surface area contributed by atoms with Crippen LogP contribution in [0.4, 0.5) is 0 Å². The number of unbranched alkanes of at least 4 members (excludes halogenated alkanes) is 3. The van der Waals surface area contributed by atoms with Crippen LogP contribution in [0.15, 0.2) is 0 Å². The molecule has 0 N–H and O–H groups in total. The quantitative estimate of drug-likeness (QED) is 0.604. The first-order valence-electron chi connectivity index (χ1n) is 4.66. The maximum absolute atomic E-state index is 10.8. The molecular weight excluding hydrogens is 192 g/mol. The molecule has 0 fully saturated rings. The van der Waals surface area contributed by atoms with E-state index in [4.69, 9.17) is 16.6 Å². The molecule has 0 aliphatic carbocycles. The van der Waals surface area contributed by atoms with Crippen LogP contribution in [0.3, 0.4) is 0 Å². The highest BCUT2D eigenvalue weighted by atomic mass is 35.5. The Balaban J connectivity index is 3.26. The molecular formula is C9H17ClO3. The molecule has 0 radical (unpaired) electrons. The predicted octanol–water partition coefficient (Wildman–Crippen LogP) is 2.67. The zero-order valence-corrected chi connectivity index (χ0v) is 8.97. The summed E-state index contributed by atoms with van der Waals surface area (Å²) in [4.78, 5) is 10.8. The van der Waals surface area contributed by atoms with Crippen molar-refractivity contribution in [2.24, 2.45) is 0 Å². The third kappa shape index (κ3) is 6.84. The Morgan fingerprint density at radius 2 is 2.08 bits per heavy atom. The van der Waals surface area contributed by atoms with Crippen LogP contribution >= 0.6 is 11.9 Å². The van der Waals surface area contributed by atoms with Gasteiger partial charge in [0.2, 0.25) is 0 Å². The third-order valence-corrected chi connectivity index (χ3v) is 1.93. The van der Waals surface area contributed by atoms with Crippen molar-refractivity contribution in [2.45, 2.75) is 45.6 Å². The van der Waals surface area contributed by atoms with Gasteiger partial charge in [0, 0.05) is 6.61 Å². The van der Waals surface area contributed by atoms with Gasteiger partial charge in [-0.3, -0.25) is 0 Å². The van der Waals surface area contributed by atoms with Gasteiger partial charge >= 0.3 is 5.97 Å². The van der Waals surface area contributed by atoms with E-state index in [1.165, 1.54) is 12.8 Å². The molecule has 78 valence electrons.